The largest absolute Gasteiger partial charge is 0.496 e. The maximum absolute atomic E-state index is 13.1. The summed E-state index contributed by atoms with van der Waals surface area (Å²) in [4.78, 5) is 28.8. The molecule has 2 N–H and O–H groups in total. The van der Waals surface area contributed by atoms with E-state index in [1.165, 1.54) is 11.8 Å². The number of carboxylic acids is 1. The Labute approximate surface area is 197 Å². The Balaban J connectivity index is 1.94. The third-order valence-electron chi connectivity index (χ3n) is 4.98. The van der Waals surface area contributed by atoms with Gasteiger partial charge in [-0.1, -0.05) is 24.3 Å². The van der Waals surface area contributed by atoms with Crippen molar-refractivity contribution in [1.82, 2.24) is 10.3 Å². The lowest BCUT2D eigenvalue weighted by molar-refractivity contribution is -0.139. The van der Waals surface area contributed by atoms with Crippen molar-refractivity contribution in [3.8, 4) is 22.6 Å². The number of nitrogens with zero attached hydrogens (tertiary/aromatic N) is 1. The van der Waals surface area contributed by atoms with Gasteiger partial charge in [0.05, 0.1) is 13.3 Å². The van der Waals surface area contributed by atoms with Crippen molar-refractivity contribution in [2.45, 2.75) is 19.1 Å². The predicted molar refractivity (Wildman–Crippen MR) is 129 cm³/mol. The molecule has 7 nitrogen and oxygen atoms in total. The summed E-state index contributed by atoms with van der Waals surface area (Å²) in [5.41, 5.74) is 2.56. The van der Waals surface area contributed by atoms with E-state index in [2.05, 4.69) is 10.3 Å². The standard InChI is InChI=1S/C25H26N2O5S/c1-31-23-8-4-3-7-19(23)21-14-17(16-32-18-6-5-12-26-15-18)9-10-20(21)24(28)27-22(25(29)30)11-13-33-2/h3-10,12,14-15,22H,11,13,16H2,1-2H3,(H,27,28)(H,29,30)/t22-/m0/s1. The van der Waals surface area contributed by atoms with Crippen LogP contribution in [0.15, 0.2) is 67.0 Å². The molecular formula is C25H26N2O5S. The molecule has 8 heteroatoms. The van der Waals surface area contributed by atoms with Gasteiger partial charge in [0.15, 0.2) is 0 Å². The molecule has 0 aliphatic carbocycles. The molecule has 1 atom stereocenters. The second-order valence-electron chi connectivity index (χ2n) is 7.20. The van der Waals surface area contributed by atoms with E-state index < -0.39 is 17.9 Å². The van der Waals surface area contributed by atoms with Crippen LogP contribution >= 0.6 is 11.8 Å². The molecule has 0 unspecified atom stereocenters. The number of thioether (sulfide) groups is 1. The number of rotatable bonds is 11. The molecule has 0 saturated heterocycles. The van der Waals surface area contributed by atoms with Crippen LogP contribution in [0.4, 0.5) is 0 Å². The zero-order valence-electron chi connectivity index (χ0n) is 18.5. The number of para-hydroxylation sites is 1. The molecular weight excluding hydrogens is 440 g/mol. The molecule has 1 amide bonds. The highest BCUT2D eigenvalue weighted by molar-refractivity contribution is 7.98. The van der Waals surface area contributed by atoms with Crippen molar-refractivity contribution in [2.24, 2.45) is 0 Å². The van der Waals surface area contributed by atoms with Crippen molar-refractivity contribution in [2.75, 3.05) is 19.1 Å². The molecule has 0 radical (unpaired) electrons. The summed E-state index contributed by atoms with van der Waals surface area (Å²) in [6, 6.07) is 15.4. The lowest BCUT2D eigenvalue weighted by Crippen LogP contribution is -2.41. The number of hydrogen-bond acceptors (Lipinski definition) is 6. The molecule has 1 heterocycles. The molecule has 3 rings (SSSR count). The fourth-order valence-corrected chi connectivity index (χ4v) is 3.77. The predicted octanol–water partition coefficient (Wildman–Crippen LogP) is 4.27. The van der Waals surface area contributed by atoms with Gasteiger partial charge in [-0.15, -0.1) is 0 Å². The molecule has 2 aromatic carbocycles. The third-order valence-corrected chi connectivity index (χ3v) is 5.62. The lowest BCUT2D eigenvalue weighted by Gasteiger charge is -2.18. The third kappa shape index (κ3) is 6.49. The second kappa shape index (κ2) is 11.9. The van der Waals surface area contributed by atoms with Gasteiger partial charge in [-0.2, -0.15) is 11.8 Å². The summed E-state index contributed by atoms with van der Waals surface area (Å²) in [5.74, 6) is 0.355. The summed E-state index contributed by atoms with van der Waals surface area (Å²) in [6.45, 7) is 0.279. The van der Waals surface area contributed by atoms with Crippen LogP contribution in [0.25, 0.3) is 11.1 Å². The van der Waals surface area contributed by atoms with Gasteiger partial charge < -0.3 is 19.9 Å². The minimum atomic E-state index is -1.06. The Morgan fingerprint density at radius 2 is 1.94 bits per heavy atom. The van der Waals surface area contributed by atoms with E-state index in [9.17, 15) is 14.7 Å². The average molecular weight is 467 g/mol. The van der Waals surface area contributed by atoms with Gasteiger partial charge in [-0.05, 0) is 59.9 Å². The van der Waals surface area contributed by atoms with Crippen LogP contribution < -0.4 is 14.8 Å². The first-order valence-corrected chi connectivity index (χ1v) is 11.7. The highest BCUT2D eigenvalue weighted by Gasteiger charge is 2.23. The van der Waals surface area contributed by atoms with Crippen LogP contribution in [0.3, 0.4) is 0 Å². The Morgan fingerprint density at radius 1 is 1.12 bits per heavy atom. The molecule has 0 spiro atoms. The van der Waals surface area contributed by atoms with E-state index in [1.54, 1.807) is 37.7 Å². The number of ether oxygens (including phenoxy) is 2. The first-order chi connectivity index (χ1) is 16.0. The quantitative estimate of drug-likeness (QED) is 0.435. The molecule has 0 fully saturated rings. The fraction of sp³-hybridized carbons (Fsp3) is 0.240. The summed E-state index contributed by atoms with van der Waals surface area (Å²) >= 11 is 1.53. The number of nitrogens with one attached hydrogen (secondary N) is 1. The van der Waals surface area contributed by atoms with Gasteiger partial charge in [0.2, 0.25) is 0 Å². The van der Waals surface area contributed by atoms with Crippen molar-refractivity contribution in [3.05, 3.63) is 78.1 Å². The van der Waals surface area contributed by atoms with Gasteiger partial charge in [0.1, 0.15) is 24.1 Å². The zero-order valence-corrected chi connectivity index (χ0v) is 19.3. The first-order valence-electron chi connectivity index (χ1n) is 10.3. The summed E-state index contributed by atoms with van der Waals surface area (Å²) in [5, 5.41) is 12.2. The molecule has 172 valence electrons. The Morgan fingerprint density at radius 3 is 2.64 bits per heavy atom. The minimum Gasteiger partial charge on any atom is -0.496 e. The number of amides is 1. The molecule has 0 bridgehead atoms. The zero-order chi connectivity index (χ0) is 23.6. The average Bonchev–Trinajstić information content (AvgIpc) is 2.85. The van der Waals surface area contributed by atoms with Gasteiger partial charge in [0.25, 0.3) is 5.91 Å². The highest BCUT2D eigenvalue weighted by Crippen LogP contribution is 2.33. The van der Waals surface area contributed by atoms with Crippen molar-refractivity contribution >= 4 is 23.6 Å². The van der Waals surface area contributed by atoms with Crippen LogP contribution in [0.2, 0.25) is 0 Å². The number of aromatic nitrogens is 1. The number of benzene rings is 2. The van der Waals surface area contributed by atoms with Crippen LogP contribution in [0.5, 0.6) is 11.5 Å². The number of pyridine rings is 1. The Bertz CT molecular complexity index is 1090. The van der Waals surface area contributed by atoms with Gasteiger partial charge >= 0.3 is 5.97 Å². The first kappa shape index (κ1) is 24.1. The van der Waals surface area contributed by atoms with Gasteiger partial charge in [0, 0.05) is 17.3 Å². The maximum atomic E-state index is 13.1. The summed E-state index contributed by atoms with van der Waals surface area (Å²) in [6.07, 6.45) is 5.53. The van der Waals surface area contributed by atoms with Crippen molar-refractivity contribution in [1.29, 1.82) is 0 Å². The minimum absolute atomic E-state index is 0.279. The molecule has 0 aliphatic heterocycles. The SMILES string of the molecule is COc1ccccc1-c1cc(COc2cccnc2)ccc1C(=O)N[C@@H](CCSC)C(=O)O. The van der Waals surface area contributed by atoms with Crippen LogP contribution in [-0.2, 0) is 11.4 Å². The lowest BCUT2D eigenvalue weighted by atomic mass is 9.95. The number of carbonyl (C=O) groups is 2. The van der Waals surface area contributed by atoms with Crippen LogP contribution in [0, 0.1) is 0 Å². The van der Waals surface area contributed by atoms with E-state index in [-0.39, 0.29) is 6.61 Å². The number of methoxy groups -OCH3 is 1. The number of carboxylic acid groups (broad SMARTS) is 1. The molecule has 0 aliphatic rings. The summed E-state index contributed by atoms with van der Waals surface area (Å²) in [7, 11) is 1.57. The van der Waals surface area contributed by atoms with Gasteiger partial charge in [-0.3, -0.25) is 9.78 Å². The van der Waals surface area contributed by atoms with Crippen molar-refractivity contribution < 1.29 is 24.2 Å². The molecule has 3 aromatic rings. The summed E-state index contributed by atoms with van der Waals surface area (Å²) < 4.78 is 11.3. The monoisotopic (exact) mass is 466 g/mol. The van der Waals surface area contributed by atoms with Crippen LogP contribution in [-0.4, -0.2) is 47.1 Å². The second-order valence-corrected chi connectivity index (χ2v) is 8.19. The van der Waals surface area contributed by atoms with Crippen molar-refractivity contribution in [3.63, 3.8) is 0 Å². The maximum Gasteiger partial charge on any atom is 0.326 e. The van der Waals surface area contributed by atoms with E-state index >= 15 is 0 Å². The normalized spacial score (nSPS) is 11.5. The van der Waals surface area contributed by atoms with E-state index in [1.807, 2.05) is 42.7 Å². The number of hydrogen-bond donors (Lipinski definition) is 2. The molecule has 1 aromatic heterocycles. The van der Waals surface area contributed by atoms with E-state index in [0.29, 0.717) is 34.8 Å². The highest BCUT2D eigenvalue weighted by atomic mass is 32.2. The van der Waals surface area contributed by atoms with E-state index in [4.69, 9.17) is 9.47 Å². The number of carbonyl (C=O) groups excluding carboxylic acids is 1. The molecule has 33 heavy (non-hydrogen) atoms. The topological polar surface area (TPSA) is 97.8 Å². The van der Waals surface area contributed by atoms with Crippen LogP contribution in [0.1, 0.15) is 22.3 Å². The number of aliphatic carboxylic acids is 1. The Hall–Kier alpha value is -3.52. The fourth-order valence-electron chi connectivity index (χ4n) is 3.30. The van der Waals surface area contributed by atoms with E-state index in [0.717, 1.165) is 11.1 Å². The Kier molecular flexibility index (Phi) is 8.71. The van der Waals surface area contributed by atoms with Gasteiger partial charge in [-0.25, -0.2) is 4.79 Å². The molecule has 0 saturated carbocycles. The smallest absolute Gasteiger partial charge is 0.326 e.